The van der Waals surface area contributed by atoms with Gasteiger partial charge in [0.2, 0.25) is 0 Å². The molecule has 2 aromatic rings. The van der Waals surface area contributed by atoms with Crippen LogP contribution in [0.25, 0.3) is 0 Å². The fourth-order valence-electron chi connectivity index (χ4n) is 1.94. The van der Waals surface area contributed by atoms with Crippen LogP contribution in [0.4, 0.5) is 10.1 Å². The Bertz CT molecular complexity index is 624. The third-order valence-corrected chi connectivity index (χ3v) is 4.51. The van der Waals surface area contributed by atoms with Gasteiger partial charge >= 0.3 is 5.97 Å². The van der Waals surface area contributed by atoms with Gasteiger partial charge in [0, 0.05) is 20.4 Å². The average Bonchev–Trinajstić information content (AvgIpc) is 2.81. The zero-order valence-corrected chi connectivity index (χ0v) is 14.1. The summed E-state index contributed by atoms with van der Waals surface area (Å²) in [5.74, 6) is -0.721. The van der Waals surface area contributed by atoms with E-state index in [1.54, 1.807) is 19.9 Å². The molecular formula is C15H15BrFNO2S. The summed E-state index contributed by atoms with van der Waals surface area (Å²) in [6, 6.07) is 5.79. The van der Waals surface area contributed by atoms with Crippen LogP contribution in [0.2, 0.25) is 0 Å². The fraction of sp³-hybridized carbons (Fsp3) is 0.267. The van der Waals surface area contributed by atoms with E-state index in [1.807, 2.05) is 11.4 Å². The predicted molar refractivity (Wildman–Crippen MR) is 86.2 cm³/mol. The van der Waals surface area contributed by atoms with Gasteiger partial charge in [0.25, 0.3) is 0 Å². The van der Waals surface area contributed by atoms with Gasteiger partial charge in [-0.15, -0.1) is 11.3 Å². The highest BCUT2D eigenvalue weighted by atomic mass is 79.9. The van der Waals surface area contributed by atoms with Crippen molar-refractivity contribution >= 4 is 38.9 Å². The zero-order valence-electron chi connectivity index (χ0n) is 11.7. The van der Waals surface area contributed by atoms with Crippen LogP contribution in [-0.2, 0) is 9.53 Å². The van der Waals surface area contributed by atoms with Crippen LogP contribution in [0.15, 0.2) is 34.1 Å². The SMILES string of the molecule is CCOC(=O)C(Nc1cc(C)cc(F)c1)c1cc(Br)cs1. The topological polar surface area (TPSA) is 38.3 Å². The molecule has 1 heterocycles. The molecule has 0 saturated carbocycles. The van der Waals surface area contributed by atoms with E-state index in [-0.39, 0.29) is 11.8 Å². The van der Waals surface area contributed by atoms with Gasteiger partial charge in [-0.2, -0.15) is 0 Å². The first-order chi connectivity index (χ1) is 9.99. The molecule has 1 unspecified atom stereocenters. The number of esters is 1. The molecule has 0 aliphatic carbocycles. The lowest BCUT2D eigenvalue weighted by molar-refractivity contribution is -0.144. The van der Waals surface area contributed by atoms with Crippen LogP contribution < -0.4 is 5.32 Å². The highest BCUT2D eigenvalue weighted by Crippen LogP contribution is 2.29. The van der Waals surface area contributed by atoms with Gasteiger partial charge in [-0.25, -0.2) is 9.18 Å². The maximum atomic E-state index is 13.5. The largest absolute Gasteiger partial charge is 0.464 e. The highest BCUT2D eigenvalue weighted by molar-refractivity contribution is 9.10. The van der Waals surface area contributed by atoms with Gasteiger partial charge in [0.15, 0.2) is 6.04 Å². The molecule has 0 radical (unpaired) electrons. The molecule has 21 heavy (non-hydrogen) atoms. The van der Waals surface area contributed by atoms with Crippen molar-refractivity contribution in [3.8, 4) is 0 Å². The Hall–Kier alpha value is -1.40. The predicted octanol–water partition coefficient (Wildman–Crippen LogP) is 4.67. The van der Waals surface area contributed by atoms with Gasteiger partial charge in [-0.1, -0.05) is 0 Å². The molecule has 0 aliphatic heterocycles. The van der Waals surface area contributed by atoms with E-state index in [0.717, 1.165) is 14.9 Å². The maximum Gasteiger partial charge on any atom is 0.334 e. The zero-order chi connectivity index (χ0) is 15.4. The summed E-state index contributed by atoms with van der Waals surface area (Å²) in [7, 11) is 0. The first-order valence-electron chi connectivity index (χ1n) is 6.44. The van der Waals surface area contributed by atoms with E-state index in [4.69, 9.17) is 4.74 Å². The summed E-state index contributed by atoms with van der Waals surface area (Å²) < 4.78 is 19.5. The number of carbonyl (C=O) groups excluding carboxylic acids is 1. The molecule has 0 saturated heterocycles. The molecule has 1 aromatic carbocycles. The molecule has 6 heteroatoms. The normalized spacial score (nSPS) is 12.0. The van der Waals surface area contributed by atoms with Gasteiger partial charge in [0.05, 0.1) is 6.61 Å². The van der Waals surface area contributed by atoms with Crippen molar-refractivity contribution in [2.24, 2.45) is 0 Å². The van der Waals surface area contributed by atoms with E-state index in [1.165, 1.54) is 23.5 Å². The second kappa shape index (κ2) is 7.04. The van der Waals surface area contributed by atoms with E-state index in [2.05, 4.69) is 21.2 Å². The van der Waals surface area contributed by atoms with Crippen molar-refractivity contribution in [3.63, 3.8) is 0 Å². The van der Waals surface area contributed by atoms with Gasteiger partial charge in [-0.3, -0.25) is 0 Å². The summed E-state index contributed by atoms with van der Waals surface area (Å²) in [6.45, 7) is 3.85. The highest BCUT2D eigenvalue weighted by Gasteiger charge is 2.23. The fourth-order valence-corrected chi connectivity index (χ4v) is 3.42. The Labute approximate surface area is 135 Å². The van der Waals surface area contributed by atoms with Crippen molar-refractivity contribution < 1.29 is 13.9 Å². The number of thiophene rings is 1. The molecule has 1 atom stereocenters. The Morgan fingerprint density at radius 1 is 1.43 bits per heavy atom. The van der Waals surface area contributed by atoms with Crippen molar-refractivity contribution in [1.82, 2.24) is 0 Å². The molecule has 0 fully saturated rings. The Balaban J connectivity index is 2.29. The number of anilines is 1. The Morgan fingerprint density at radius 2 is 2.19 bits per heavy atom. The molecule has 0 bridgehead atoms. The van der Waals surface area contributed by atoms with E-state index in [9.17, 15) is 9.18 Å². The average molecular weight is 372 g/mol. The van der Waals surface area contributed by atoms with Gasteiger partial charge < -0.3 is 10.1 Å². The third kappa shape index (κ3) is 4.28. The molecule has 0 amide bonds. The first kappa shape index (κ1) is 16.0. The quantitative estimate of drug-likeness (QED) is 0.775. The minimum atomic E-state index is -0.651. The summed E-state index contributed by atoms with van der Waals surface area (Å²) in [4.78, 5) is 12.9. The Kier molecular flexibility index (Phi) is 5.36. The monoisotopic (exact) mass is 371 g/mol. The smallest absolute Gasteiger partial charge is 0.334 e. The van der Waals surface area contributed by atoms with Crippen LogP contribution in [0, 0.1) is 12.7 Å². The summed E-state index contributed by atoms with van der Waals surface area (Å²) in [6.07, 6.45) is 0. The standard InChI is InChI=1S/C15H15BrFNO2S/c1-3-20-15(19)14(13-6-10(16)8-21-13)18-12-5-9(2)4-11(17)7-12/h4-8,14,18H,3H2,1-2H3. The summed E-state index contributed by atoms with van der Waals surface area (Å²) in [5.41, 5.74) is 1.34. The van der Waals surface area contributed by atoms with E-state index in [0.29, 0.717) is 12.3 Å². The van der Waals surface area contributed by atoms with Crippen molar-refractivity contribution in [2.75, 3.05) is 11.9 Å². The minimum absolute atomic E-state index is 0.297. The lowest BCUT2D eigenvalue weighted by Gasteiger charge is -2.17. The van der Waals surface area contributed by atoms with Gasteiger partial charge in [0.1, 0.15) is 5.82 Å². The van der Waals surface area contributed by atoms with Crippen LogP contribution in [0.1, 0.15) is 23.4 Å². The first-order valence-corrected chi connectivity index (χ1v) is 8.11. The summed E-state index contributed by atoms with van der Waals surface area (Å²) >= 11 is 4.80. The van der Waals surface area contributed by atoms with Crippen LogP contribution in [0.3, 0.4) is 0 Å². The van der Waals surface area contributed by atoms with Gasteiger partial charge in [-0.05, 0) is 59.6 Å². The van der Waals surface area contributed by atoms with Crippen LogP contribution >= 0.6 is 27.3 Å². The lowest BCUT2D eigenvalue weighted by Crippen LogP contribution is -2.22. The van der Waals surface area contributed by atoms with E-state index < -0.39 is 6.04 Å². The molecule has 1 aromatic heterocycles. The number of benzene rings is 1. The maximum absolute atomic E-state index is 13.5. The number of hydrogen-bond acceptors (Lipinski definition) is 4. The minimum Gasteiger partial charge on any atom is -0.464 e. The molecule has 3 nitrogen and oxygen atoms in total. The number of ether oxygens (including phenoxy) is 1. The second-order valence-electron chi connectivity index (χ2n) is 4.51. The lowest BCUT2D eigenvalue weighted by atomic mass is 10.2. The number of carbonyl (C=O) groups is 1. The molecular weight excluding hydrogens is 357 g/mol. The van der Waals surface area contributed by atoms with E-state index >= 15 is 0 Å². The number of aryl methyl sites for hydroxylation is 1. The number of rotatable bonds is 5. The summed E-state index contributed by atoms with van der Waals surface area (Å²) in [5, 5.41) is 4.94. The number of nitrogens with one attached hydrogen (secondary N) is 1. The van der Waals surface area contributed by atoms with Crippen molar-refractivity contribution in [2.45, 2.75) is 19.9 Å². The van der Waals surface area contributed by atoms with Crippen molar-refractivity contribution in [1.29, 1.82) is 0 Å². The number of halogens is 2. The molecule has 2 rings (SSSR count). The number of hydrogen-bond donors (Lipinski definition) is 1. The van der Waals surface area contributed by atoms with Crippen molar-refractivity contribution in [3.05, 3.63) is 50.4 Å². The molecule has 0 spiro atoms. The molecule has 0 aliphatic rings. The van der Waals surface area contributed by atoms with Crippen LogP contribution in [0.5, 0.6) is 0 Å². The molecule has 112 valence electrons. The molecule has 1 N–H and O–H groups in total. The third-order valence-electron chi connectivity index (χ3n) is 2.75. The van der Waals surface area contributed by atoms with Crippen LogP contribution in [-0.4, -0.2) is 12.6 Å². The Morgan fingerprint density at radius 3 is 2.76 bits per heavy atom. The second-order valence-corrected chi connectivity index (χ2v) is 6.37.